The molecule has 0 radical (unpaired) electrons. The van der Waals surface area contributed by atoms with Gasteiger partial charge in [0.05, 0.1) is 10.7 Å². The van der Waals surface area contributed by atoms with E-state index in [1.807, 2.05) is 0 Å². The zero-order valence-electron chi connectivity index (χ0n) is 10.2. The van der Waals surface area contributed by atoms with E-state index >= 15 is 0 Å². The van der Waals surface area contributed by atoms with Gasteiger partial charge in [-0.05, 0) is 46.6 Å². The summed E-state index contributed by atoms with van der Waals surface area (Å²) in [6.07, 6.45) is 0.888. The summed E-state index contributed by atoms with van der Waals surface area (Å²) in [6.45, 7) is 1.72. The topological polar surface area (TPSA) is 62.2 Å². The SMILES string of the molecule is Cc1cc(Br)c(F)cc1Nc1ncc(F)cc1C(=O)O. The number of benzene rings is 1. The van der Waals surface area contributed by atoms with Crippen LogP contribution in [0.2, 0.25) is 0 Å². The van der Waals surface area contributed by atoms with E-state index in [9.17, 15) is 13.6 Å². The highest BCUT2D eigenvalue weighted by molar-refractivity contribution is 9.10. The second-order valence-electron chi connectivity index (χ2n) is 4.06. The maximum absolute atomic E-state index is 13.5. The highest BCUT2D eigenvalue weighted by Gasteiger charge is 2.14. The van der Waals surface area contributed by atoms with E-state index in [-0.39, 0.29) is 11.4 Å². The fourth-order valence-corrected chi connectivity index (χ4v) is 2.07. The summed E-state index contributed by atoms with van der Waals surface area (Å²) in [5.41, 5.74) is 0.709. The predicted octanol–water partition coefficient (Wildman–Crippen LogP) is 3.87. The Bertz CT molecular complexity index is 692. The first-order chi connectivity index (χ1) is 9.38. The molecule has 1 heterocycles. The molecule has 0 bridgehead atoms. The van der Waals surface area contributed by atoms with Gasteiger partial charge in [-0.3, -0.25) is 0 Å². The third kappa shape index (κ3) is 2.93. The molecule has 0 aliphatic rings. The molecule has 2 N–H and O–H groups in total. The van der Waals surface area contributed by atoms with Gasteiger partial charge in [0.25, 0.3) is 0 Å². The lowest BCUT2D eigenvalue weighted by Crippen LogP contribution is -2.06. The molecule has 0 aliphatic carbocycles. The van der Waals surface area contributed by atoms with Crippen LogP contribution >= 0.6 is 15.9 Å². The number of carboxylic acids is 1. The molecule has 1 aromatic heterocycles. The van der Waals surface area contributed by atoms with Gasteiger partial charge in [0.2, 0.25) is 0 Å². The molecule has 2 rings (SSSR count). The molecule has 0 aliphatic heterocycles. The average Bonchev–Trinajstić information content (AvgIpc) is 2.37. The van der Waals surface area contributed by atoms with Crippen LogP contribution in [0.3, 0.4) is 0 Å². The molecule has 0 saturated carbocycles. The molecule has 20 heavy (non-hydrogen) atoms. The average molecular weight is 343 g/mol. The normalized spacial score (nSPS) is 10.4. The lowest BCUT2D eigenvalue weighted by atomic mass is 10.2. The number of carbonyl (C=O) groups is 1. The first-order valence-electron chi connectivity index (χ1n) is 5.50. The van der Waals surface area contributed by atoms with E-state index in [4.69, 9.17) is 5.11 Å². The van der Waals surface area contributed by atoms with E-state index in [2.05, 4.69) is 26.2 Å². The molecule has 0 spiro atoms. The van der Waals surface area contributed by atoms with Crippen molar-refractivity contribution in [2.24, 2.45) is 0 Å². The molecule has 0 fully saturated rings. The number of rotatable bonds is 3. The molecule has 4 nitrogen and oxygen atoms in total. The Morgan fingerprint density at radius 3 is 2.70 bits per heavy atom. The zero-order chi connectivity index (χ0) is 14.9. The minimum Gasteiger partial charge on any atom is -0.478 e. The Morgan fingerprint density at radius 1 is 1.35 bits per heavy atom. The Morgan fingerprint density at radius 2 is 2.05 bits per heavy atom. The Labute approximate surface area is 121 Å². The standard InChI is InChI=1S/C13H9BrF2N2O2/c1-6-2-9(14)10(16)4-11(6)18-12-8(13(19)20)3-7(15)5-17-12/h2-5H,1H3,(H,17,18)(H,19,20). The fraction of sp³-hybridized carbons (Fsp3) is 0.0769. The third-order valence-electron chi connectivity index (χ3n) is 2.61. The molecule has 0 amide bonds. The number of anilines is 2. The van der Waals surface area contributed by atoms with E-state index in [0.717, 1.165) is 12.3 Å². The van der Waals surface area contributed by atoms with Crippen LogP contribution in [0, 0.1) is 18.6 Å². The monoisotopic (exact) mass is 342 g/mol. The van der Waals surface area contributed by atoms with Gasteiger partial charge < -0.3 is 10.4 Å². The van der Waals surface area contributed by atoms with Crippen molar-refractivity contribution in [1.82, 2.24) is 4.98 Å². The Balaban J connectivity index is 2.45. The largest absolute Gasteiger partial charge is 0.478 e. The third-order valence-corrected chi connectivity index (χ3v) is 3.21. The van der Waals surface area contributed by atoms with E-state index in [1.54, 1.807) is 13.0 Å². The van der Waals surface area contributed by atoms with Crippen LogP contribution in [0.15, 0.2) is 28.9 Å². The molecule has 0 unspecified atom stereocenters. The Hall–Kier alpha value is -2.02. The maximum Gasteiger partial charge on any atom is 0.339 e. The fourth-order valence-electron chi connectivity index (χ4n) is 1.61. The van der Waals surface area contributed by atoms with Gasteiger partial charge in [0.1, 0.15) is 23.0 Å². The maximum atomic E-state index is 13.5. The first kappa shape index (κ1) is 14.4. The zero-order valence-corrected chi connectivity index (χ0v) is 11.8. The van der Waals surface area contributed by atoms with Crippen molar-refractivity contribution in [1.29, 1.82) is 0 Å². The summed E-state index contributed by atoms with van der Waals surface area (Å²) < 4.78 is 26.8. The van der Waals surface area contributed by atoms with Gasteiger partial charge in [-0.2, -0.15) is 0 Å². The number of aromatic carboxylic acids is 1. The Kier molecular flexibility index (Phi) is 3.99. The molecular formula is C13H9BrF2N2O2. The molecule has 7 heteroatoms. The lowest BCUT2D eigenvalue weighted by Gasteiger charge is -2.11. The van der Waals surface area contributed by atoms with Crippen molar-refractivity contribution in [3.8, 4) is 0 Å². The molecule has 2 aromatic rings. The van der Waals surface area contributed by atoms with Crippen molar-refractivity contribution in [2.75, 3.05) is 5.32 Å². The van der Waals surface area contributed by atoms with Crippen LogP contribution in [0.5, 0.6) is 0 Å². The first-order valence-corrected chi connectivity index (χ1v) is 6.29. The molecule has 1 aromatic carbocycles. The number of pyridine rings is 1. The highest BCUT2D eigenvalue weighted by Crippen LogP contribution is 2.27. The summed E-state index contributed by atoms with van der Waals surface area (Å²) in [5.74, 6) is -2.64. The highest BCUT2D eigenvalue weighted by atomic mass is 79.9. The van der Waals surface area contributed by atoms with Crippen LogP contribution in [0.1, 0.15) is 15.9 Å². The number of aromatic nitrogens is 1. The minimum absolute atomic E-state index is 0.0521. The van der Waals surface area contributed by atoms with Crippen LogP contribution in [-0.2, 0) is 0 Å². The predicted molar refractivity (Wildman–Crippen MR) is 73.3 cm³/mol. The number of hydrogen-bond acceptors (Lipinski definition) is 3. The van der Waals surface area contributed by atoms with Crippen molar-refractivity contribution >= 4 is 33.4 Å². The number of halogens is 3. The van der Waals surface area contributed by atoms with Gasteiger partial charge in [-0.25, -0.2) is 18.6 Å². The summed E-state index contributed by atoms with van der Waals surface area (Å²) in [7, 11) is 0. The lowest BCUT2D eigenvalue weighted by molar-refractivity contribution is 0.0697. The van der Waals surface area contributed by atoms with Crippen LogP contribution in [-0.4, -0.2) is 16.1 Å². The number of hydrogen-bond donors (Lipinski definition) is 2. The van der Waals surface area contributed by atoms with Gasteiger partial charge in [-0.1, -0.05) is 0 Å². The summed E-state index contributed by atoms with van der Waals surface area (Å²) in [4.78, 5) is 14.7. The van der Waals surface area contributed by atoms with Crippen molar-refractivity contribution < 1.29 is 18.7 Å². The van der Waals surface area contributed by atoms with Gasteiger partial charge in [0, 0.05) is 5.69 Å². The number of nitrogens with one attached hydrogen (secondary N) is 1. The minimum atomic E-state index is -1.32. The summed E-state index contributed by atoms with van der Waals surface area (Å²) >= 11 is 3.05. The quantitative estimate of drug-likeness (QED) is 0.888. The summed E-state index contributed by atoms with van der Waals surface area (Å²) in [6, 6.07) is 3.60. The second-order valence-corrected chi connectivity index (χ2v) is 4.92. The molecular weight excluding hydrogens is 334 g/mol. The number of carboxylic acid groups (broad SMARTS) is 1. The van der Waals surface area contributed by atoms with Gasteiger partial charge in [-0.15, -0.1) is 0 Å². The number of aryl methyl sites for hydroxylation is 1. The van der Waals surface area contributed by atoms with Crippen molar-refractivity contribution in [2.45, 2.75) is 6.92 Å². The van der Waals surface area contributed by atoms with Crippen LogP contribution < -0.4 is 5.32 Å². The van der Waals surface area contributed by atoms with Gasteiger partial charge >= 0.3 is 5.97 Å². The molecule has 104 valence electrons. The van der Waals surface area contributed by atoms with E-state index in [0.29, 0.717) is 15.7 Å². The van der Waals surface area contributed by atoms with Crippen molar-refractivity contribution in [3.63, 3.8) is 0 Å². The van der Waals surface area contributed by atoms with Crippen LogP contribution in [0.4, 0.5) is 20.3 Å². The van der Waals surface area contributed by atoms with E-state index in [1.165, 1.54) is 6.07 Å². The van der Waals surface area contributed by atoms with Crippen molar-refractivity contribution in [3.05, 3.63) is 51.6 Å². The van der Waals surface area contributed by atoms with Crippen LogP contribution in [0.25, 0.3) is 0 Å². The smallest absolute Gasteiger partial charge is 0.339 e. The number of nitrogens with zero attached hydrogens (tertiary/aromatic N) is 1. The van der Waals surface area contributed by atoms with Gasteiger partial charge in [0.15, 0.2) is 0 Å². The second kappa shape index (κ2) is 5.54. The summed E-state index contributed by atoms with van der Waals surface area (Å²) in [5, 5.41) is 11.7. The molecule has 0 atom stereocenters. The van der Waals surface area contributed by atoms with E-state index < -0.39 is 17.6 Å². The molecule has 0 saturated heterocycles.